The van der Waals surface area contributed by atoms with E-state index in [1.165, 1.54) is 5.56 Å². The van der Waals surface area contributed by atoms with Gasteiger partial charge in [0.15, 0.2) is 9.84 Å². The van der Waals surface area contributed by atoms with Gasteiger partial charge in [0.05, 0.1) is 17.2 Å². The van der Waals surface area contributed by atoms with E-state index in [4.69, 9.17) is 0 Å². The molecule has 1 saturated heterocycles. The first-order chi connectivity index (χ1) is 9.71. The van der Waals surface area contributed by atoms with Gasteiger partial charge in [0.25, 0.3) is 0 Å². The lowest BCUT2D eigenvalue weighted by Crippen LogP contribution is -2.30. The summed E-state index contributed by atoms with van der Waals surface area (Å²) in [4.78, 5) is 2.06. The lowest BCUT2D eigenvalue weighted by atomic mass is 10.0. The van der Waals surface area contributed by atoms with Crippen molar-refractivity contribution in [2.45, 2.75) is 38.8 Å². The van der Waals surface area contributed by atoms with Crippen LogP contribution < -0.4 is 10.2 Å². The SMILES string of the molecule is CC(C)c1nn(C)c(N(C)C)c1CNC1CCS(=O)(=O)C1.Cl. The Morgan fingerprint density at radius 1 is 1.41 bits per heavy atom. The van der Waals surface area contributed by atoms with Gasteiger partial charge in [0, 0.05) is 39.3 Å². The van der Waals surface area contributed by atoms with Gasteiger partial charge in [-0.1, -0.05) is 13.8 Å². The van der Waals surface area contributed by atoms with Crippen molar-refractivity contribution in [2.24, 2.45) is 7.05 Å². The Balaban J connectivity index is 0.00000242. The van der Waals surface area contributed by atoms with Crippen LogP contribution in [0.25, 0.3) is 0 Å². The van der Waals surface area contributed by atoms with Crippen LogP contribution in [0.3, 0.4) is 0 Å². The molecule has 1 aliphatic rings. The molecule has 6 nitrogen and oxygen atoms in total. The summed E-state index contributed by atoms with van der Waals surface area (Å²) in [5.74, 6) is 1.97. The van der Waals surface area contributed by atoms with Crippen LogP contribution >= 0.6 is 12.4 Å². The van der Waals surface area contributed by atoms with E-state index >= 15 is 0 Å². The van der Waals surface area contributed by atoms with Crippen LogP contribution in [0.1, 0.15) is 37.4 Å². The number of sulfone groups is 1. The first-order valence-electron chi connectivity index (χ1n) is 7.38. The van der Waals surface area contributed by atoms with Crippen LogP contribution in [0.5, 0.6) is 0 Å². The van der Waals surface area contributed by atoms with Gasteiger partial charge in [-0.05, 0) is 12.3 Å². The zero-order valence-corrected chi connectivity index (χ0v) is 15.6. The quantitative estimate of drug-likeness (QED) is 0.867. The van der Waals surface area contributed by atoms with Crippen molar-refractivity contribution >= 4 is 28.1 Å². The maximum atomic E-state index is 11.5. The van der Waals surface area contributed by atoms with Crippen molar-refractivity contribution in [1.29, 1.82) is 0 Å². The first kappa shape index (κ1) is 19.3. The average molecular weight is 351 g/mol. The van der Waals surface area contributed by atoms with Gasteiger partial charge in [0.2, 0.25) is 0 Å². The number of anilines is 1. The van der Waals surface area contributed by atoms with Crippen LogP contribution in [-0.4, -0.2) is 49.8 Å². The molecule has 1 unspecified atom stereocenters. The summed E-state index contributed by atoms with van der Waals surface area (Å²) in [6.45, 7) is 4.92. The molecular weight excluding hydrogens is 324 g/mol. The zero-order chi connectivity index (χ0) is 15.8. The highest BCUT2D eigenvalue weighted by Gasteiger charge is 2.28. The van der Waals surface area contributed by atoms with Crippen molar-refractivity contribution in [2.75, 3.05) is 30.5 Å². The van der Waals surface area contributed by atoms with E-state index in [9.17, 15) is 8.42 Å². The van der Waals surface area contributed by atoms with E-state index in [0.29, 0.717) is 24.6 Å². The van der Waals surface area contributed by atoms with Crippen LogP contribution in [0.4, 0.5) is 5.82 Å². The molecule has 1 aromatic rings. The second-order valence-electron chi connectivity index (χ2n) is 6.34. The number of aromatic nitrogens is 2. The van der Waals surface area contributed by atoms with Gasteiger partial charge < -0.3 is 10.2 Å². The highest BCUT2D eigenvalue weighted by atomic mass is 35.5. The van der Waals surface area contributed by atoms with Gasteiger partial charge in [-0.3, -0.25) is 4.68 Å². The number of rotatable bonds is 5. The van der Waals surface area contributed by atoms with Gasteiger partial charge in [0.1, 0.15) is 5.82 Å². The Hall–Kier alpha value is -0.790. The second-order valence-corrected chi connectivity index (χ2v) is 8.57. The number of hydrogen-bond donors (Lipinski definition) is 1. The number of aryl methyl sites for hydroxylation is 1. The van der Waals surface area contributed by atoms with Crippen molar-refractivity contribution in [1.82, 2.24) is 15.1 Å². The van der Waals surface area contributed by atoms with E-state index < -0.39 is 9.84 Å². The summed E-state index contributed by atoms with van der Waals surface area (Å²) in [5, 5.41) is 8.02. The molecule has 2 heterocycles. The third-order valence-corrected chi connectivity index (χ3v) is 5.68. The van der Waals surface area contributed by atoms with Crippen molar-refractivity contribution in [3.8, 4) is 0 Å². The number of halogens is 1. The van der Waals surface area contributed by atoms with Gasteiger partial charge in [-0.2, -0.15) is 5.10 Å². The van der Waals surface area contributed by atoms with E-state index in [1.807, 2.05) is 25.8 Å². The molecule has 1 fully saturated rings. The first-order valence-corrected chi connectivity index (χ1v) is 9.20. The fourth-order valence-electron chi connectivity index (χ4n) is 2.97. The van der Waals surface area contributed by atoms with E-state index in [1.54, 1.807) is 0 Å². The minimum Gasteiger partial charge on any atom is -0.363 e. The Kier molecular flexibility index (Phi) is 6.29. The fraction of sp³-hybridized carbons (Fsp3) is 0.786. The topological polar surface area (TPSA) is 67.2 Å². The van der Waals surface area contributed by atoms with E-state index in [2.05, 4.69) is 29.2 Å². The normalized spacial score (nSPS) is 20.2. The highest BCUT2D eigenvalue weighted by molar-refractivity contribution is 7.91. The summed E-state index contributed by atoms with van der Waals surface area (Å²) < 4.78 is 25.0. The second kappa shape index (κ2) is 7.19. The predicted molar refractivity (Wildman–Crippen MR) is 92.8 cm³/mol. The Labute approximate surface area is 139 Å². The molecular formula is C14H27ClN4O2S. The minimum atomic E-state index is -2.84. The molecule has 0 radical (unpaired) electrons. The third kappa shape index (κ3) is 4.14. The molecule has 0 aromatic carbocycles. The standard InChI is InChI=1S/C14H26N4O2S.ClH/c1-10(2)13-12(14(17(3)4)18(5)16-13)8-15-11-6-7-21(19,20)9-11;/h10-11,15H,6-9H2,1-5H3;1H. The molecule has 1 N–H and O–H groups in total. The van der Waals surface area contributed by atoms with Gasteiger partial charge in [-0.25, -0.2) is 8.42 Å². The fourth-order valence-corrected chi connectivity index (χ4v) is 4.68. The van der Waals surface area contributed by atoms with Crippen LogP contribution in [-0.2, 0) is 23.4 Å². The maximum Gasteiger partial charge on any atom is 0.151 e. The Morgan fingerprint density at radius 3 is 2.50 bits per heavy atom. The molecule has 0 saturated carbocycles. The number of hydrogen-bond acceptors (Lipinski definition) is 5. The number of nitrogens with zero attached hydrogens (tertiary/aromatic N) is 3. The van der Waals surface area contributed by atoms with E-state index in [0.717, 1.165) is 11.5 Å². The molecule has 2 rings (SSSR count). The summed E-state index contributed by atoms with van der Waals surface area (Å²) in [6.07, 6.45) is 0.705. The maximum absolute atomic E-state index is 11.5. The van der Waals surface area contributed by atoms with Gasteiger partial charge in [-0.15, -0.1) is 12.4 Å². The summed E-state index contributed by atoms with van der Waals surface area (Å²) in [5.41, 5.74) is 2.25. The molecule has 0 aliphatic carbocycles. The van der Waals surface area contributed by atoms with Crippen LogP contribution in [0, 0.1) is 0 Å². The van der Waals surface area contributed by atoms with Crippen LogP contribution in [0.15, 0.2) is 0 Å². The molecule has 22 heavy (non-hydrogen) atoms. The largest absolute Gasteiger partial charge is 0.363 e. The zero-order valence-electron chi connectivity index (χ0n) is 14.0. The molecule has 128 valence electrons. The summed E-state index contributed by atoms with van der Waals surface area (Å²) >= 11 is 0. The van der Waals surface area contributed by atoms with Crippen molar-refractivity contribution in [3.05, 3.63) is 11.3 Å². The summed E-state index contributed by atoms with van der Waals surface area (Å²) in [6, 6.07) is 0.0604. The van der Waals surface area contributed by atoms with Crippen molar-refractivity contribution < 1.29 is 8.42 Å². The lowest BCUT2D eigenvalue weighted by Gasteiger charge is -2.18. The molecule has 8 heteroatoms. The molecule has 0 spiro atoms. The monoisotopic (exact) mass is 350 g/mol. The average Bonchev–Trinajstić information content (AvgIpc) is 2.86. The summed E-state index contributed by atoms with van der Waals surface area (Å²) in [7, 11) is 3.12. The Morgan fingerprint density at radius 2 is 2.05 bits per heavy atom. The molecule has 0 amide bonds. The highest BCUT2D eigenvalue weighted by Crippen LogP contribution is 2.27. The molecule has 1 atom stereocenters. The molecule has 0 bridgehead atoms. The van der Waals surface area contributed by atoms with E-state index in [-0.39, 0.29) is 24.2 Å². The lowest BCUT2D eigenvalue weighted by molar-refractivity contribution is 0.551. The van der Waals surface area contributed by atoms with Crippen LogP contribution in [0.2, 0.25) is 0 Å². The minimum absolute atomic E-state index is 0. The smallest absolute Gasteiger partial charge is 0.151 e. The Bertz CT molecular complexity index is 611. The van der Waals surface area contributed by atoms with Crippen molar-refractivity contribution in [3.63, 3.8) is 0 Å². The third-order valence-electron chi connectivity index (χ3n) is 3.91. The predicted octanol–water partition coefficient (Wildman–Crippen LogP) is 1.31. The van der Waals surface area contributed by atoms with Gasteiger partial charge >= 0.3 is 0 Å². The number of nitrogens with one attached hydrogen (secondary N) is 1. The molecule has 1 aromatic heterocycles. The molecule has 1 aliphatic heterocycles.